The molecule has 0 aliphatic heterocycles. The number of hydrogen-bond acceptors (Lipinski definition) is 4. The molecule has 3 rings (SSSR count). The average Bonchev–Trinajstić information content (AvgIpc) is 2.72. The van der Waals surface area contributed by atoms with Gasteiger partial charge in [0.2, 0.25) is 0 Å². The van der Waals surface area contributed by atoms with Crippen molar-refractivity contribution >= 4 is 19.0 Å². The molecule has 0 aliphatic carbocycles. The highest BCUT2D eigenvalue weighted by atomic mass is 31.2. The Labute approximate surface area is 189 Å². The second kappa shape index (κ2) is 10.1. The Hall–Kier alpha value is -3.01. The molecule has 6 heteroatoms. The van der Waals surface area contributed by atoms with Crippen LogP contribution in [0.4, 0.5) is 0 Å². The van der Waals surface area contributed by atoms with Crippen molar-refractivity contribution in [3.63, 3.8) is 0 Å². The Morgan fingerprint density at radius 1 is 0.750 bits per heavy atom. The average molecular weight is 452 g/mol. The highest BCUT2D eigenvalue weighted by Gasteiger charge is 2.25. The van der Waals surface area contributed by atoms with Gasteiger partial charge < -0.3 is 14.2 Å². The van der Waals surface area contributed by atoms with Crippen LogP contribution in [0.5, 0.6) is 17.2 Å². The lowest BCUT2D eigenvalue weighted by Gasteiger charge is -2.16. The maximum atomic E-state index is 12.5. The minimum atomic E-state index is -4.33. The van der Waals surface area contributed by atoms with Crippen LogP contribution in [0.25, 0.3) is 11.1 Å². The minimum Gasteiger partial charge on any atom is -0.508 e. The van der Waals surface area contributed by atoms with E-state index in [4.69, 9.17) is 9.05 Å². The summed E-state index contributed by atoms with van der Waals surface area (Å²) in [6.45, 7) is 7.98. The van der Waals surface area contributed by atoms with Crippen molar-refractivity contribution in [3.05, 3.63) is 89.0 Å². The van der Waals surface area contributed by atoms with Gasteiger partial charge in [-0.25, -0.2) is 4.57 Å². The second-order valence-corrected chi connectivity index (χ2v) is 9.01. The first-order valence-electron chi connectivity index (χ1n) is 10.6. The molecular formula is C26H29O5P. The SMILES string of the molecule is CCC(=C(CC)c1ccc(OP(=O)(O)Oc2cc(C)cc(C)c2)cc1)c1ccc(O)cc1. The van der Waals surface area contributed by atoms with E-state index in [-0.39, 0.29) is 11.5 Å². The molecule has 168 valence electrons. The van der Waals surface area contributed by atoms with Gasteiger partial charge in [0.1, 0.15) is 17.2 Å². The number of aromatic hydroxyl groups is 1. The van der Waals surface area contributed by atoms with Crippen molar-refractivity contribution in [3.8, 4) is 17.2 Å². The standard InChI is InChI=1S/C26H29O5P/c1-5-25(20-7-11-22(27)12-8-20)26(6-2)21-9-13-23(14-10-21)30-32(28,29)31-24-16-18(3)15-19(4)17-24/h7-17,27H,5-6H2,1-4H3,(H,28,29). The Morgan fingerprint density at radius 2 is 1.19 bits per heavy atom. The lowest BCUT2D eigenvalue weighted by Crippen LogP contribution is -2.00. The number of benzene rings is 3. The summed E-state index contributed by atoms with van der Waals surface area (Å²) in [6.07, 6.45) is 1.65. The molecule has 32 heavy (non-hydrogen) atoms. The molecule has 1 unspecified atom stereocenters. The van der Waals surface area contributed by atoms with Gasteiger partial charge in [0, 0.05) is 0 Å². The summed E-state index contributed by atoms with van der Waals surface area (Å²) in [5, 5.41) is 9.58. The summed E-state index contributed by atoms with van der Waals surface area (Å²) in [5.74, 6) is 0.782. The third-order valence-corrected chi connectivity index (χ3v) is 6.01. The van der Waals surface area contributed by atoms with E-state index in [9.17, 15) is 14.6 Å². The van der Waals surface area contributed by atoms with Crippen molar-refractivity contribution in [2.75, 3.05) is 0 Å². The molecule has 5 nitrogen and oxygen atoms in total. The number of hydrogen-bond donors (Lipinski definition) is 2. The molecule has 0 heterocycles. The van der Waals surface area contributed by atoms with Crippen LogP contribution in [0, 0.1) is 13.8 Å². The summed E-state index contributed by atoms with van der Waals surface area (Å²) in [6, 6.07) is 19.6. The first-order valence-corrected chi connectivity index (χ1v) is 12.1. The number of phosphoric acid groups is 1. The fourth-order valence-corrected chi connectivity index (χ4v) is 4.63. The maximum absolute atomic E-state index is 12.5. The zero-order chi connectivity index (χ0) is 23.3. The normalized spacial score (nSPS) is 13.8. The second-order valence-electron chi connectivity index (χ2n) is 7.71. The van der Waals surface area contributed by atoms with Gasteiger partial charge in [0.05, 0.1) is 0 Å². The number of phenolic OH excluding ortho intramolecular Hbond substituents is 1. The first kappa shape index (κ1) is 23.6. The molecule has 0 spiro atoms. The van der Waals surface area contributed by atoms with Gasteiger partial charge in [-0.3, -0.25) is 4.89 Å². The molecule has 0 fully saturated rings. The lowest BCUT2D eigenvalue weighted by molar-refractivity contribution is 0.291. The molecule has 0 saturated carbocycles. The van der Waals surface area contributed by atoms with Crippen molar-refractivity contribution in [1.29, 1.82) is 0 Å². The van der Waals surface area contributed by atoms with Gasteiger partial charge in [-0.15, -0.1) is 0 Å². The quantitative estimate of drug-likeness (QED) is 0.277. The number of aryl methyl sites for hydroxylation is 2. The summed E-state index contributed by atoms with van der Waals surface area (Å²) in [4.78, 5) is 10.2. The zero-order valence-electron chi connectivity index (χ0n) is 18.8. The third-order valence-electron chi connectivity index (χ3n) is 5.13. The third kappa shape index (κ3) is 6.03. The number of phosphoric ester groups is 1. The molecule has 0 aromatic heterocycles. The summed E-state index contributed by atoms with van der Waals surface area (Å²) in [7, 11) is -4.33. The Kier molecular flexibility index (Phi) is 7.44. The van der Waals surface area contributed by atoms with E-state index in [1.54, 1.807) is 36.4 Å². The monoisotopic (exact) mass is 452 g/mol. The molecule has 1 atom stereocenters. The van der Waals surface area contributed by atoms with Crippen molar-refractivity contribution < 1.29 is 23.6 Å². The van der Waals surface area contributed by atoms with Crippen LogP contribution in [-0.4, -0.2) is 10.00 Å². The highest BCUT2D eigenvalue weighted by molar-refractivity contribution is 7.48. The molecular weight excluding hydrogens is 423 g/mol. The van der Waals surface area contributed by atoms with E-state index in [0.29, 0.717) is 5.75 Å². The molecule has 3 aromatic carbocycles. The molecule has 2 N–H and O–H groups in total. The van der Waals surface area contributed by atoms with Crippen LogP contribution in [0.3, 0.4) is 0 Å². The predicted molar refractivity (Wildman–Crippen MR) is 129 cm³/mol. The van der Waals surface area contributed by atoms with Crippen molar-refractivity contribution in [2.45, 2.75) is 40.5 Å². The Morgan fingerprint density at radius 3 is 1.66 bits per heavy atom. The topological polar surface area (TPSA) is 76.0 Å². The summed E-state index contributed by atoms with van der Waals surface area (Å²) in [5.41, 5.74) is 6.29. The van der Waals surface area contributed by atoms with E-state index < -0.39 is 7.82 Å². The highest BCUT2D eigenvalue weighted by Crippen LogP contribution is 2.45. The lowest BCUT2D eigenvalue weighted by atomic mass is 9.91. The zero-order valence-corrected chi connectivity index (χ0v) is 19.7. The summed E-state index contributed by atoms with van der Waals surface area (Å²) >= 11 is 0. The smallest absolute Gasteiger partial charge is 0.508 e. The van der Waals surface area contributed by atoms with Crippen molar-refractivity contribution in [2.24, 2.45) is 0 Å². The van der Waals surface area contributed by atoms with Crippen LogP contribution in [-0.2, 0) is 4.57 Å². The molecule has 0 amide bonds. The Bertz CT molecular complexity index is 1130. The molecule has 0 aliphatic rings. The van der Waals surface area contributed by atoms with Gasteiger partial charge >= 0.3 is 7.82 Å². The van der Waals surface area contributed by atoms with E-state index in [0.717, 1.165) is 35.1 Å². The van der Waals surface area contributed by atoms with Gasteiger partial charge in [0.15, 0.2) is 0 Å². The van der Waals surface area contributed by atoms with Crippen LogP contribution in [0.2, 0.25) is 0 Å². The van der Waals surface area contributed by atoms with E-state index in [1.165, 1.54) is 11.1 Å². The van der Waals surface area contributed by atoms with Crippen LogP contribution >= 0.6 is 7.82 Å². The molecule has 0 saturated heterocycles. The number of allylic oxidation sites excluding steroid dienone is 2. The van der Waals surface area contributed by atoms with E-state index in [1.807, 2.05) is 44.2 Å². The van der Waals surface area contributed by atoms with Crippen molar-refractivity contribution in [1.82, 2.24) is 0 Å². The fraction of sp³-hybridized carbons (Fsp3) is 0.231. The Balaban J connectivity index is 1.82. The molecule has 0 radical (unpaired) electrons. The van der Waals surface area contributed by atoms with Gasteiger partial charge in [-0.2, -0.15) is 0 Å². The first-order chi connectivity index (χ1) is 15.2. The summed E-state index contributed by atoms with van der Waals surface area (Å²) < 4.78 is 23.0. The predicted octanol–water partition coefficient (Wildman–Crippen LogP) is 7.30. The van der Waals surface area contributed by atoms with Gasteiger partial charge in [-0.1, -0.05) is 44.2 Å². The van der Waals surface area contributed by atoms with Crippen LogP contribution in [0.15, 0.2) is 66.7 Å². The molecule has 3 aromatic rings. The van der Waals surface area contributed by atoms with Crippen LogP contribution in [0.1, 0.15) is 48.9 Å². The van der Waals surface area contributed by atoms with Gasteiger partial charge in [0.25, 0.3) is 0 Å². The maximum Gasteiger partial charge on any atom is 0.584 e. The largest absolute Gasteiger partial charge is 0.584 e. The van der Waals surface area contributed by atoms with E-state index in [2.05, 4.69) is 13.8 Å². The minimum absolute atomic E-state index is 0.236. The number of rotatable bonds is 8. The fourth-order valence-electron chi connectivity index (χ4n) is 3.83. The number of phenols is 1. The van der Waals surface area contributed by atoms with Crippen LogP contribution < -0.4 is 9.05 Å². The molecule has 0 bridgehead atoms. The van der Waals surface area contributed by atoms with Gasteiger partial charge in [-0.05, 0) is 96.5 Å². The van der Waals surface area contributed by atoms with E-state index >= 15 is 0 Å².